The predicted octanol–water partition coefficient (Wildman–Crippen LogP) is 1.97. The van der Waals surface area contributed by atoms with Gasteiger partial charge in [0.25, 0.3) is 17.7 Å². The largest absolute Gasteiger partial charge is 0.311 e. The molecule has 0 atom stereocenters. The molecule has 1 fully saturated rings. The molecule has 2 aliphatic rings. The first kappa shape index (κ1) is 17.4. The zero-order valence-electron chi connectivity index (χ0n) is 14.0. The van der Waals surface area contributed by atoms with Crippen LogP contribution in [-0.4, -0.2) is 39.1 Å². The van der Waals surface area contributed by atoms with Gasteiger partial charge in [0.1, 0.15) is 0 Å². The molecule has 27 heavy (non-hydrogen) atoms. The van der Waals surface area contributed by atoms with Crippen LogP contribution < -0.4 is 10.3 Å². The van der Waals surface area contributed by atoms with Crippen molar-refractivity contribution in [1.29, 1.82) is 0 Å². The van der Waals surface area contributed by atoms with Crippen molar-refractivity contribution in [3.63, 3.8) is 0 Å². The molecule has 0 spiro atoms. The number of aromatic nitrogens is 1. The summed E-state index contributed by atoms with van der Waals surface area (Å²) in [6, 6.07) is 10.3. The topological polar surface area (TPSA) is 82.6 Å². The number of hydrogen-bond acceptors (Lipinski definition) is 6. The highest BCUT2D eigenvalue weighted by Gasteiger charge is 2.41. The van der Waals surface area contributed by atoms with Gasteiger partial charge in [0.05, 0.1) is 16.2 Å². The van der Waals surface area contributed by atoms with Crippen LogP contribution in [0.4, 0.5) is 5.69 Å². The lowest BCUT2D eigenvalue weighted by Crippen LogP contribution is -2.45. The number of carbonyl (C=O) groups is 3. The van der Waals surface area contributed by atoms with Gasteiger partial charge in [-0.3, -0.25) is 24.8 Å². The Kier molecular flexibility index (Phi) is 4.25. The van der Waals surface area contributed by atoms with E-state index >= 15 is 0 Å². The Labute approximate surface area is 164 Å². The molecule has 1 N–H and O–H groups in total. The average molecular weight is 396 g/mol. The lowest BCUT2D eigenvalue weighted by atomic mass is 10.1. The molecule has 4 rings (SSSR count). The number of amides is 3. The number of hydrazine groups is 1. The standard InChI is InChI=1S/C18H12N4O3S2/c1-21-12-5-3-2-4-11(12)13(16(21)24)14-17(25)22(18(26)27-14)20-15(23)10-6-8-19-9-7-10/h2-9H,1H3,(H,20,23)/b14-13-. The number of likely N-dealkylation sites (N-methyl/N-ethyl adjacent to an activating group) is 1. The second-order valence-corrected chi connectivity index (χ2v) is 7.41. The number of carbonyl (C=O) groups excluding carboxylic acids is 3. The number of nitrogens with zero attached hydrogens (tertiary/aromatic N) is 3. The van der Waals surface area contributed by atoms with Crippen LogP contribution in [-0.2, 0) is 9.59 Å². The highest BCUT2D eigenvalue weighted by Crippen LogP contribution is 2.43. The van der Waals surface area contributed by atoms with Crippen LogP contribution in [0.2, 0.25) is 0 Å². The molecule has 134 valence electrons. The minimum absolute atomic E-state index is 0.157. The molecule has 3 heterocycles. The molecular weight excluding hydrogens is 384 g/mol. The van der Waals surface area contributed by atoms with Crippen molar-refractivity contribution in [2.45, 2.75) is 0 Å². The van der Waals surface area contributed by atoms with Crippen molar-refractivity contribution < 1.29 is 14.4 Å². The number of thiocarbonyl (C=S) groups is 1. The smallest absolute Gasteiger partial charge is 0.286 e. The van der Waals surface area contributed by atoms with Gasteiger partial charge in [0.2, 0.25) is 0 Å². The SMILES string of the molecule is CN1C(=O)/C(=C2\SC(=S)N(NC(=O)c3ccncc3)C2=O)c2ccccc21. The van der Waals surface area contributed by atoms with E-state index in [0.29, 0.717) is 16.7 Å². The van der Waals surface area contributed by atoms with Gasteiger partial charge in [-0.25, -0.2) is 0 Å². The van der Waals surface area contributed by atoms with Crippen LogP contribution in [0.5, 0.6) is 0 Å². The van der Waals surface area contributed by atoms with Crippen molar-refractivity contribution in [2.75, 3.05) is 11.9 Å². The Morgan fingerprint density at radius 1 is 1.11 bits per heavy atom. The molecule has 1 aromatic heterocycles. The van der Waals surface area contributed by atoms with Crippen molar-refractivity contribution in [1.82, 2.24) is 15.4 Å². The third-order valence-corrected chi connectivity index (χ3v) is 5.58. The van der Waals surface area contributed by atoms with Crippen LogP contribution in [0.3, 0.4) is 0 Å². The second-order valence-electron chi connectivity index (χ2n) is 5.77. The van der Waals surface area contributed by atoms with Gasteiger partial charge < -0.3 is 4.90 Å². The fourth-order valence-electron chi connectivity index (χ4n) is 2.87. The van der Waals surface area contributed by atoms with Gasteiger partial charge in [-0.2, -0.15) is 5.01 Å². The Balaban J connectivity index is 1.69. The third-order valence-electron chi connectivity index (χ3n) is 4.21. The zero-order chi connectivity index (χ0) is 19.1. The number of fused-ring (bicyclic) bond motifs is 1. The molecule has 0 unspecified atom stereocenters. The highest BCUT2D eigenvalue weighted by atomic mass is 32.2. The van der Waals surface area contributed by atoms with Crippen LogP contribution >= 0.6 is 24.0 Å². The summed E-state index contributed by atoms with van der Waals surface area (Å²) in [4.78, 5) is 43.5. The Hall–Kier alpha value is -3.04. The van der Waals surface area contributed by atoms with Crippen LogP contribution in [0.25, 0.3) is 5.57 Å². The van der Waals surface area contributed by atoms with E-state index in [-0.39, 0.29) is 15.1 Å². The molecule has 1 saturated heterocycles. The summed E-state index contributed by atoms with van der Waals surface area (Å²) in [5, 5.41) is 0.999. The van der Waals surface area contributed by atoms with E-state index in [1.54, 1.807) is 19.2 Å². The van der Waals surface area contributed by atoms with Crippen LogP contribution in [0.1, 0.15) is 15.9 Å². The van der Waals surface area contributed by atoms with E-state index in [9.17, 15) is 14.4 Å². The minimum atomic E-state index is -0.527. The fraction of sp³-hybridized carbons (Fsp3) is 0.0556. The van der Waals surface area contributed by atoms with Gasteiger partial charge >= 0.3 is 0 Å². The Morgan fingerprint density at radius 3 is 2.56 bits per heavy atom. The Morgan fingerprint density at radius 2 is 1.81 bits per heavy atom. The number of benzene rings is 1. The zero-order valence-corrected chi connectivity index (χ0v) is 15.6. The number of anilines is 1. The molecule has 9 heteroatoms. The van der Waals surface area contributed by atoms with E-state index in [4.69, 9.17) is 12.2 Å². The minimum Gasteiger partial charge on any atom is -0.311 e. The highest BCUT2D eigenvalue weighted by molar-refractivity contribution is 8.26. The number of nitrogens with one attached hydrogen (secondary N) is 1. The van der Waals surface area contributed by atoms with Crippen molar-refractivity contribution >= 4 is 57.3 Å². The van der Waals surface area contributed by atoms with Crippen molar-refractivity contribution in [2.24, 2.45) is 0 Å². The van der Waals surface area contributed by atoms with Crippen LogP contribution in [0, 0.1) is 0 Å². The fourth-order valence-corrected chi connectivity index (χ4v) is 4.13. The third kappa shape index (κ3) is 2.81. The summed E-state index contributed by atoms with van der Waals surface area (Å²) in [6.45, 7) is 0. The first-order chi connectivity index (χ1) is 13.0. The molecule has 0 radical (unpaired) electrons. The van der Waals surface area contributed by atoms with E-state index in [1.807, 2.05) is 12.1 Å². The maximum Gasteiger partial charge on any atom is 0.286 e. The maximum absolute atomic E-state index is 12.9. The lowest BCUT2D eigenvalue weighted by Gasteiger charge is -2.15. The second kappa shape index (κ2) is 6.60. The van der Waals surface area contributed by atoms with Gasteiger partial charge in [-0.1, -0.05) is 30.0 Å². The number of pyridine rings is 1. The van der Waals surface area contributed by atoms with Gasteiger partial charge in [-0.15, -0.1) is 0 Å². The summed E-state index contributed by atoms with van der Waals surface area (Å²) >= 11 is 6.25. The van der Waals surface area contributed by atoms with Gasteiger partial charge in [0, 0.05) is 30.6 Å². The lowest BCUT2D eigenvalue weighted by molar-refractivity contribution is -0.124. The van der Waals surface area contributed by atoms with Crippen LogP contribution in [0.15, 0.2) is 53.7 Å². The normalized spacial score (nSPS) is 18.9. The van der Waals surface area contributed by atoms with E-state index in [1.165, 1.54) is 29.4 Å². The number of thioether (sulfide) groups is 1. The molecule has 1 aromatic carbocycles. The molecular formula is C18H12N4O3S2. The van der Waals surface area contributed by atoms with E-state index in [0.717, 1.165) is 22.5 Å². The summed E-state index contributed by atoms with van der Waals surface area (Å²) < 4.78 is 0.157. The maximum atomic E-state index is 12.9. The van der Waals surface area contributed by atoms with E-state index in [2.05, 4.69) is 10.4 Å². The first-order valence-corrected chi connectivity index (χ1v) is 9.10. The monoisotopic (exact) mass is 396 g/mol. The first-order valence-electron chi connectivity index (χ1n) is 7.88. The van der Waals surface area contributed by atoms with Gasteiger partial charge in [-0.05, 0) is 30.4 Å². The number of rotatable bonds is 2. The van der Waals surface area contributed by atoms with Crippen molar-refractivity contribution in [3.8, 4) is 0 Å². The van der Waals surface area contributed by atoms with Gasteiger partial charge in [0.15, 0.2) is 4.32 Å². The molecule has 0 aliphatic carbocycles. The molecule has 0 bridgehead atoms. The molecule has 7 nitrogen and oxygen atoms in total. The molecule has 2 aliphatic heterocycles. The predicted molar refractivity (Wildman–Crippen MR) is 106 cm³/mol. The van der Waals surface area contributed by atoms with E-state index < -0.39 is 11.8 Å². The summed E-state index contributed by atoms with van der Waals surface area (Å²) in [7, 11) is 1.65. The summed E-state index contributed by atoms with van der Waals surface area (Å²) in [5.41, 5.74) is 4.53. The number of para-hydroxylation sites is 1. The molecule has 0 saturated carbocycles. The quantitative estimate of drug-likeness (QED) is 0.617. The molecule has 2 aromatic rings. The summed E-state index contributed by atoms with van der Waals surface area (Å²) in [5.74, 6) is -1.30. The van der Waals surface area contributed by atoms with Crippen molar-refractivity contribution in [3.05, 3.63) is 64.8 Å². The average Bonchev–Trinajstić information content (AvgIpc) is 3.10. The summed E-state index contributed by atoms with van der Waals surface area (Å²) in [6.07, 6.45) is 2.95. The Bertz CT molecular complexity index is 1040. The number of hydrogen-bond donors (Lipinski definition) is 1. The molecule has 3 amide bonds.